The van der Waals surface area contributed by atoms with Crippen LogP contribution in [-0.2, 0) is 6.42 Å². The van der Waals surface area contributed by atoms with Crippen molar-refractivity contribution in [1.82, 2.24) is 5.32 Å². The molecule has 0 radical (unpaired) electrons. The summed E-state index contributed by atoms with van der Waals surface area (Å²) in [6, 6.07) is 14.7. The summed E-state index contributed by atoms with van der Waals surface area (Å²) in [7, 11) is 0. The van der Waals surface area contributed by atoms with Crippen LogP contribution in [0.2, 0.25) is 5.02 Å². The maximum absolute atomic E-state index is 5.98. The first-order chi connectivity index (χ1) is 10.1. The largest absolute Gasteiger partial charge is 0.488 e. The Hall–Kier alpha value is -1.51. The molecule has 0 amide bonds. The number of aryl methyl sites for hydroxylation is 1. The quantitative estimate of drug-likeness (QED) is 0.909. The number of nitrogens with one attached hydrogen (secondary N) is 1. The van der Waals surface area contributed by atoms with Gasteiger partial charge in [-0.1, -0.05) is 41.4 Å². The fourth-order valence-electron chi connectivity index (χ4n) is 2.74. The molecule has 2 nitrogen and oxygen atoms in total. The maximum atomic E-state index is 5.98. The predicted octanol–water partition coefficient (Wildman–Crippen LogP) is 4.30. The van der Waals surface area contributed by atoms with Crippen molar-refractivity contribution >= 4 is 11.6 Å². The smallest absolute Gasteiger partial charge is 0.123 e. The molecule has 2 atom stereocenters. The van der Waals surface area contributed by atoms with Gasteiger partial charge in [-0.15, -0.1) is 0 Å². The van der Waals surface area contributed by atoms with Gasteiger partial charge in [-0.05, 0) is 43.2 Å². The molecule has 2 aromatic rings. The highest BCUT2D eigenvalue weighted by molar-refractivity contribution is 6.30. The third kappa shape index (κ3) is 3.39. The lowest BCUT2D eigenvalue weighted by molar-refractivity contribution is 0.222. The zero-order chi connectivity index (χ0) is 14.8. The summed E-state index contributed by atoms with van der Waals surface area (Å²) in [6.07, 6.45) is 1.20. The molecule has 2 aromatic carbocycles. The molecular formula is C18H20ClNO. The number of rotatable bonds is 4. The minimum absolute atomic E-state index is 0.219. The zero-order valence-corrected chi connectivity index (χ0v) is 13.2. The van der Waals surface area contributed by atoms with E-state index in [4.69, 9.17) is 16.3 Å². The Balaban J connectivity index is 1.56. The first kappa shape index (κ1) is 14.4. The SMILES string of the molecule is Cc1ccc2c(c1)CC(CNC(C)c1ccc(Cl)cc1)O2. The van der Waals surface area contributed by atoms with Crippen LogP contribution in [0.1, 0.15) is 29.7 Å². The first-order valence-electron chi connectivity index (χ1n) is 7.37. The second kappa shape index (κ2) is 6.08. The second-order valence-corrected chi connectivity index (χ2v) is 6.17. The van der Waals surface area contributed by atoms with E-state index in [1.165, 1.54) is 16.7 Å². The molecule has 3 rings (SSSR count). The number of hydrogen-bond donors (Lipinski definition) is 1. The lowest BCUT2D eigenvalue weighted by atomic mass is 10.1. The highest BCUT2D eigenvalue weighted by Crippen LogP contribution is 2.29. The van der Waals surface area contributed by atoms with Crippen LogP contribution in [0.15, 0.2) is 42.5 Å². The molecule has 0 fully saturated rings. The molecule has 21 heavy (non-hydrogen) atoms. The molecule has 0 bridgehead atoms. The molecule has 110 valence electrons. The molecule has 1 aliphatic heterocycles. The van der Waals surface area contributed by atoms with Gasteiger partial charge in [0.05, 0.1) is 0 Å². The van der Waals surface area contributed by atoms with Crippen molar-refractivity contribution in [1.29, 1.82) is 0 Å². The summed E-state index contributed by atoms with van der Waals surface area (Å²) < 4.78 is 5.98. The van der Waals surface area contributed by atoms with E-state index in [9.17, 15) is 0 Å². The Morgan fingerprint density at radius 1 is 1.24 bits per heavy atom. The van der Waals surface area contributed by atoms with Gasteiger partial charge in [-0.3, -0.25) is 0 Å². The van der Waals surface area contributed by atoms with E-state index in [2.05, 4.69) is 49.5 Å². The van der Waals surface area contributed by atoms with Crippen LogP contribution in [-0.4, -0.2) is 12.6 Å². The molecular weight excluding hydrogens is 282 g/mol. The van der Waals surface area contributed by atoms with Crippen LogP contribution in [0.5, 0.6) is 5.75 Å². The number of benzene rings is 2. The standard InChI is InChI=1S/C18H20ClNO/c1-12-3-8-18-15(9-12)10-17(21-18)11-20-13(2)14-4-6-16(19)7-5-14/h3-9,13,17,20H,10-11H2,1-2H3. The van der Waals surface area contributed by atoms with Crippen molar-refractivity contribution in [2.75, 3.05) is 6.54 Å². The van der Waals surface area contributed by atoms with E-state index in [-0.39, 0.29) is 12.1 Å². The number of ether oxygens (including phenoxy) is 1. The van der Waals surface area contributed by atoms with Crippen LogP contribution >= 0.6 is 11.6 Å². The average Bonchev–Trinajstić information content (AvgIpc) is 2.87. The second-order valence-electron chi connectivity index (χ2n) is 5.74. The number of fused-ring (bicyclic) bond motifs is 1. The Bertz CT molecular complexity index is 624. The van der Waals surface area contributed by atoms with Gasteiger partial charge in [-0.25, -0.2) is 0 Å². The molecule has 0 aliphatic carbocycles. The summed E-state index contributed by atoms with van der Waals surface area (Å²) in [5.74, 6) is 1.03. The Labute approximate surface area is 131 Å². The number of halogens is 1. The van der Waals surface area contributed by atoms with Gasteiger partial charge in [0.15, 0.2) is 0 Å². The van der Waals surface area contributed by atoms with E-state index in [1.54, 1.807) is 0 Å². The monoisotopic (exact) mass is 301 g/mol. The molecule has 1 aliphatic rings. The highest BCUT2D eigenvalue weighted by atomic mass is 35.5. The van der Waals surface area contributed by atoms with E-state index >= 15 is 0 Å². The van der Waals surface area contributed by atoms with Crippen LogP contribution in [0.3, 0.4) is 0 Å². The minimum Gasteiger partial charge on any atom is -0.488 e. The van der Waals surface area contributed by atoms with Crippen LogP contribution < -0.4 is 10.1 Å². The maximum Gasteiger partial charge on any atom is 0.123 e. The predicted molar refractivity (Wildman–Crippen MR) is 87.2 cm³/mol. The zero-order valence-electron chi connectivity index (χ0n) is 12.4. The van der Waals surface area contributed by atoms with Crippen molar-refractivity contribution in [2.24, 2.45) is 0 Å². The lowest BCUT2D eigenvalue weighted by Gasteiger charge is -2.17. The van der Waals surface area contributed by atoms with E-state index in [0.717, 1.165) is 23.7 Å². The fourth-order valence-corrected chi connectivity index (χ4v) is 2.87. The third-order valence-corrected chi connectivity index (χ3v) is 4.23. The number of hydrogen-bond acceptors (Lipinski definition) is 2. The first-order valence-corrected chi connectivity index (χ1v) is 7.74. The van der Waals surface area contributed by atoms with Gasteiger partial charge in [0.1, 0.15) is 11.9 Å². The molecule has 0 saturated heterocycles. The Kier molecular flexibility index (Phi) is 4.18. The van der Waals surface area contributed by atoms with Gasteiger partial charge < -0.3 is 10.1 Å². The van der Waals surface area contributed by atoms with Crippen molar-refractivity contribution < 1.29 is 4.74 Å². The normalized spacial score (nSPS) is 18.1. The molecule has 0 spiro atoms. The fraction of sp³-hybridized carbons (Fsp3) is 0.333. The summed E-state index contributed by atoms with van der Waals surface area (Å²) in [5.41, 5.74) is 3.85. The minimum atomic E-state index is 0.219. The summed E-state index contributed by atoms with van der Waals surface area (Å²) >= 11 is 5.92. The third-order valence-electron chi connectivity index (χ3n) is 3.98. The molecule has 3 heteroatoms. The lowest BCUT2D eigenvalue weighted by Crippen LogP contribution is -2.31. The van der Waals surface area contributed by atoms with Gasteiger partial charge in [0.2, 0.25) is 0 Å². The van der Waals surface area contributed by atoms with Crippen LogP contribution in [0, 0.1) is 6.92 Å². The molecule has 1 heterocycles. The highest BCUT2D eigenvalue weighted by Gasteiger charge is 2.23. The molecule has 0 aromatic heterocycles. The van der Waals surface area contributed by atoms with Crippen molar-refractivity contribution in [3.8, 4) is 5.75 Å². The van der Waals surface area contributed by atoms with Crippen LogP contribution in [0.25, 0.3) is 0 Å². The van der Waals surface area contributed by atoms with Crippen LogP contribution in [0.4, 0.5) is 0 Å². The van der Waals surface area contributed by atoms with Crippen molar-refractivity contribution in [3.63, 3.8) is 0 Å². The average molecular weight is 302 g/mol. The summed E-state index contributed by atoms with van der Waals surface area (Å²) in [5, 5.41) is 4.32. The van der Waals surface area contributed by atoms with E-state index in [1.807, 2.05) is 12.1 Å². The topological polar surface area (TPSA) is 21.3 Å². The summed E-state index contributed by atoms with van der Waals surface area (Å²) in [4.78, 5) is 0. The molecule has 1 N–H and O–H groups in total. The Morgan fingerprint density at radius 3 is 2.76 bits per heavy atom. The van der Waals surface area contributed by atoms with Crippen molar-refractivity contribution in [3.05, 3.63) is 64.2 Å². The van der Waals surface area contributed by atoms with E-state index < -0.39 is 0 Å². The molecule has 0 saturated carbocycles. The summed E-state index contributed by atoms with van der Waals surface area (Å²) in [6.45, 7) is 5.13. The van der Waals surface area contributed by atoms with E-state index in [0.29, 0.717) is 0 Å². The van der Waals surface area contributed by atoms with Gasteiger partial charge >= 0.3 is 0 Å². The van der Waals surface area contributed by atoms with Crippen molar-refractivity contribution in [2.45, 2.75) is 32.4 Å². The van der Waals surface area contributed by atoms with Gasteiger partial charge in [0, 0.05) is 24.0 Å². The Morgan fingerprint density at radius 2 is 2.00 bits per heavy atom. The van der Waals surface area contributed by atoms with Gasteiger partial charge in [-0.2, -0.15) is 0 Å². The van der Waals surface area contributed by atoms with Gasteiger partial charge in [0.25, 0.3) is 0 Å². The molecule has 2 unspecified atom stereocenters.